The first-order valence-electron chi connectivity index (χ1n) is 5.41. The summed E-state index contributed by atoms with van der Waals surface area (Å²) >= 11 is 11.3. The minimum atomic E-state index is -0.759. The lowest BCUT2D eigenvalue weighted by Crippen LogP contribution is -2.44. The average molecular weight is 293 g/mol. The second kappa shape index (κ2) is 5.38. The minimum absolute atomic E-state index is 0.0210. The van der Waals surface area contributed by atoms with Gasteiger partial charge in [0.1, 0.15) is 5.15 Å². The van der Waals surface area contributed by atoms with Crippen LogP contribution in [0.4, 0.5) is 4.39 Å². The summed E-state index contributed by atoms with van der Waals surface area (Å²) in [4.78, 5) is 17.3. The highest BCUT2D eigenvalue weighted by atomic mass is 35.5. The third kappa shape index (κ3) is 2.74. The summed E-state index contributed by atoms with van der Waals surface area (Å²) in [6, 6.07) is 1.01. The number of pyridine rings is 1. The lowest BCUT2D eigenvalue weighted by Gasteiger charge is -2.31. The number of hydrogen-bond donors (Lipinski definition) is 0. The van der Waals surface area contributed by atoms with Gasteiger partial charge in [-0.2, -0.15) is 0 Å². The molecule has 1 atom stereocenters. The first-order valence-corrected chi connectivity index (χ1v) is 6.17. The number of hydrogen-bond acceptors (Lipinski definition) is 3. The van der Waals surface area contributed by atoms with E-state index in [1.54, 1.807) is 4.90 Å². The second-order valence-corrected chi connectivity index (χ2v) is 4.75. The zero-order valence-corrected chi connectivity index (χ0v) is 11.1. The highest BCUT2D eigenvalue weighted by molar-refractivity contribution is 6.34. The third-order valence-electron chi connectivity index (χ3n) is 2.65. The summed E-state index contributed by atoms with van der Waals surface area (Å²) in [5.41, 5.74) is 0.0210. The monoisotopic (exact) mass is 292 g/mol. The SMILES string of the molecule is C[C@@H]1CN(C(=O)c2cc(F)c(Cl)nc2Cl)CCO1. The van der Waals surface area contributed by atoms with Crippen molar-refractivity contribution in [1.29, 1.82) is 0 Å². The van der Waals surface area contributed by atoms with Gasteiger partial charge in [-0.05, 0) is 13.0 Å². The number of amides is 1. The Hall–Kier alpha value is -0.910. The molecule has 0 saturated carbocycles. The van der Waals surface area contributed by atoms with E-state index in [1.807, 2.05) is 6.92 Å². The van der Waals surface area contributed by atoms with Crippen LogP contribution in [0, 0.1) is 5.82 Å². The van der Waals surface area contributed by atoms with Crippen LogP contribution >= 0.6 is 23.2 Å². The molecule has 1 saturated heterocycles. The Bertz CT molecular complexity index is 484. The lowest BCUT2D eigenvalue weighted by molar-refractivity contribution is -0.0124. The second-order valence-electron chi connectivity index (χ2n) is 4.03. The van der Waals surface area contributed by atoms with Gasteiger partial charge in [-0.15, -0.1) is 0 Å². The van der Waals surface area contributed by atoms with E-state index < -0.39 is 5.82 Å². The standard InChI is InChI=1S/C11H11Cl2FN2O2/c1-6-5-16(2-3-18-6)11(17)7-4-8(14)10(13)15-9(7)12/h4,6H,2-3,5H2,1H3/t6-/m1/s1. The van der Waals surface area contributed by atoms with Crippen molar-refractivity contribution in [3.05, 3.63) is 27.8 Å². The number of halogens is 3. The van der Waals surface area contributed by atoms with Crippen LogP contribution in [0.3, 0.4) is 0 Å². The fourth-order valence-corrected chi connectivity index (χ4v) is 2.17. The van der Waals surface area contributed by atoms with Crippen LogP contribution < -0.4 is 0 Å². The van der Waals surface area contributed by atoms with Crippen LogP contribution in [0.5, 0.6) is 0 Å². The molecule has 0 N–H and O–H groups in total. The van der Waals surface area contributed by atoms with Crippen molar-refractivity contribution in [2.24, 2.45) is 0 Å². The van der Waals surface area contributed by atoms with E-state index in [0.717, 1.165) is 6.07 Å². The van der Waals surface area contributed by atoms with Gasteiger partial charge in [-0.1, -0.05) is 23.2 Å². The molecule has 0 aromatic carbocycles. The Balaban J connectivity index is 2.25. The van der Waals surface area contributed by atoms with Gasteiger partial charge in [0.15, 0.2) is 11.0 Å². The smallest absolute Gasteiger partial charge is 0.257 e. The first-order chi connectivity index (χ1) is 8.49. The number of rotatable bonds is 1. The molecule has 0 unspecified atom stereocenters. The summed E-state index contributed by atoms with van der Waals surface area (Å²) < 4.78 is 18.6. The van der Waals surface area contributed by atoms with Crippen molar-refractivity contribution < 1.29 is 13.9 Å². The molecule has 1 aliphatic heterocycles. The summed E-state index contributed by atoms with van der Waals surface area (Å²) in [6.07, 6.45) is -0.0495. The molecular weight excluding hydrogens is 282 g/mol. The van der Waals surface area contributed by atoms with Gasteiger partial charge >= 0.3 is 0 Å². The van der Waals surface area contributed by atoms with Crippen molar-refractivity contribution in [2.45, 2.75) is 13.0 Å². The zero-order chi connectivity index (χ0) is 13.3. The fraction of sp³-hybridized carbons (Fsp3) is 0.455. The summed E-state index contributed by atoms with van der Waals surface area (Å²) in [7, 11) is 0. The average Bonchev–Trinajstić information content (AvgIpc) is 2.33. The molecule has 1 fully saturated rings. The molecule has 2 rings (SSSR count). The maximum Gasteiger partial charge on any atom is 0.257 e. The van der Waals surface area contributed by atoms with Gasteiger partial charge in [0.25, 0.3) is 5.91 Å². The van der Waals surface area contributed by atoms with Crippen LogP contribution in [0.15, 0.2) is 6.07 Å². The van der Waals surface area contributed by atoms with Crippen molar-refractivity contribution in [3.63, 3.8) is 0 Å². The number of carbonyl (C=O) groups excluding carboxylic acids is 1. The minimum Gasteiger partial charge on any atom is -0.375 e. The van der Waals surface area contributed by atoms with E-state index in [-0.39, 0.29) is 27.9 Å². The largest absolute Gasteiger partial charge is 0.375 e. The van der Waals surface area contributed by atoms with Crippen LogP contribution in [0.1, 0.15) is 17.3 Å². The lowest BCUT2D eigenvalue weighted by atomic mass is 10.2. The Morgan fingerprint density at radius 1 is 1.56 bits per heavy atom. The maximum atomic E-state index is 13.3. The molecule has 7 heteroatoms. The van der Waals surface area contributed by atoms with E-state index in [2.05, 4.69) is 4.98 Å². The Morgan fingerprint density at radius 2 is 2.28 bits per heavy atom. The van der Waals surface area contributed by atoms with Crippen LogP contribution in [-0.2, 0) is 4.74 Å². The number of carbonyl (C=O) groups is 1. The van der Waals surface area contributed by atoms with Crippen LogP contribution in [0.25, 0.3) is 0 Å². The summed E-state index contributed by atoms with van der Waals surface area (Å²) in [6.45, 7) is 3.21. The van der Waals surface area contributed by atoms with E-state index >= 15 is 0 Å². The molecule has 1 aliphatic rings. The van der Waals surface area contributed by atoms with E-state index in [0.29, 0.717) is 19.7 Å². The first kappa shape index (κ1) is 13.5. The predicted molar refractivity (Wildman–Crippen MR) is 65.5 cm³/mol. The Labute approximate surface area is 114 Å². The number of ether oxygens (including phenoxy) is 1. The normalized spacial score (nSPS) is 20.0. The molecular formula is C11H11Cl2FN2O2. The molecule has 98 valence electrons. The van der Waals surface area contributed by atoms with Crippen LogP contribution in [-0.4, -0.2) is 41.6 Å². The van der Waals surface area contributed by atoms with Crippen molar-refractivity contribution >= 4 is 29.1 Å². The van der Waals surface area contributed by atoms with Gasteiger partial charge in [-0.3, -0.25) is 4.79 Å². The quantitative estimate of drug-likeness (QED) is 0.747. The van der Waals surface area contributed by atoms with Crippen molar-refractivity contribution in [1.82, 2.24) is 9.88 Å². The van der Waals surface area contributed by atoms with E-state index in [4.69, 9.17) is 27.9 Å². The topological polar surface area (TPSA) is 42.4 Å². The molecule has 1 aromatic heterocycles. The van der Waals surface area contributed by atoms with Gasteiger partial charge < -0.3 is 9.64 Å². The molecule has 4 nitrogen and oxygen atoms in total. The Morgan fingerprint density at radius 3 is 2.94 bits per heavy atom. The maximum absolute atomic E-state index is 13.3. The van der Waals surface area contributed by atoms with Crippen molar-refractivity contribution in [3.8, 4) is 0 Å². The molecule has 0 bridgehead atoms. The van der Waals surface area contributed by atoms with Crippen molar-refractivity contribution in [2.75, 3.05) is 19.7 Å². The number of nitrogens with zero attached hydrogens (tertiary/aromatic N) is 2. The van der Waals surface area contributed by atoms with Gasteiger partial charge in [0.05, 0.1) is 18.3 Å². The Kier molecular flexibility index (Phi) is 4.04. The number of morpholine rings is 1. The van der Waals surface area contributed by atoms with E-state index in [1.165, 1.54) is 0 Å². The summed E-state index contributed by atoms with van der Waals surface area (Å²) in [5.74, 6) is -1.12. The molecule has 1 amide bonds. The third-order valence-corrected chi connectivity index (χ3v) is 3.20. The molecule has 1 aromatic rings. The summed E-state index contributed by atoms with van der Waals surface area (Å²) in [5, 5.41) is -0.433. The predicted octanol–water partition coefficient (Wildman–Crippen LogP) is 2.39. The highest BCUT2D eigenvalue weighted by Gasteiger charge is 2.25. The molecule has 0 radical (unpaired) electrons. The van der Waals surface area contributed by atoms with Gasteiger partial charge in [-0.25, -0.2) is 9.37 Å². The highest BCUT2D eigenvalue weighted by Crippen LogP contribution is 2.22. The van der Waals surface area contributed by atoms with Gasteiger partial charge in [0, 0.05) is 13.1 Å². The molecule has 18 heavy (non-hydrogen) atoms. The molecule has 2 heterocycles. The molecule has 0 spiro atoms. The van der Waals surface area contributed by atoms with E-state index in [9.17, 15) is 9.18 Å². The van der Waals surface area contributed by atoms with Crippen LogP contribution in [0.2, 0.25) is 10.3 Å². The number of aromatic nitrogens is 1. The van der Waals surface area contributed by atoms with Gasteiger partial charge in [0.2, 0.25) is 0 Å². The fourth-order valence-electron chi connectivity index (χ4n) is 1.77. The zero-order valence-electron chi connectivity index (χ0n) is 9.62. The molecule has 0 aliphatic carbocycles.